The molecule has 0 amide bonds. The lowest BCUT2D eigenvalue weighted by atomic mass is 9.98. The summed E-state index contributed by atoms with van der Waals surface area (Å²) in [7, 11) is 4.32. The summed E-state index contributed by atoms with van der Waals surface area (Å²) in [5.41, 5.74) is 1.41. The minimum absolute atomic E-state index is 0.468. The van der Waals surface area contributed by atoms with E-state index in [1.165, 1.54) is 18.4 Å². The number of nitrogens with zero attached hydrogens (tertiary/aromatic N) is 2. The van der Waals surface area contributed by atoms with Crippen molar-refractivity contribution in [3.8, 4) is 0 Å². The van der Waals surface area contributed by atoms with Crippen LogP contribution in [-0.4, -0.2) is 55.6 Å². The van der Waals surface area contributed by atoms with Crippen LogP contribution < -0.4 is 5.32 Å². The molecule has 1 fully saturated rings. The fourth-order valence-corrected chi connectivity index (χ4v) is 3.26. The fraction of sp³-hybridized carbons (Fsp3) is 0.667. The molecule has 0 spiro atoms. The zero-order valence-corrected chi connectivity index (χ0v) is 14.0. The molecule has 1 aliphatic rings. The van der Waals surface area contributed by atoms with Crippen LogP contribution in [0.25, 0.3) is 0 Å². The predicted molar refractivity (Wildman–Crippen MR) is 90.6 cm³/mol. The number of hydrogen-bond acceptors (Lipinski definition) is 3. The number of nitrogens with one attached hydrogen (secondary N) is 1. The maximum Gasteiger partial charge on any atom is 0.0450 e. The summed E-state index contributed by atoms with van der Waals surface area (Å²) in [5, 5.41) is 3.73. The van der Waals surface area contributed by atoms with E-state index < -0.39 is 0 Å². The molecular formula is C18H31N3. The van der Waals surface area contributed by atoms with Crippen LogP contribution in [0.5, 0.6) is 0 Å². The van der Waals surface area contributed by atoms with Crippen LogP contribution in [0.4, 0.5) is 0 Å². The van der Waals surface area contributed by atoms with Gasteiger partial charge in [0.2, 0.25) is 0 Å². The van der Waals surface area contributed by atoms with Gasteiger partial charge in [0.1, 0.15) is 0 Å². The van der Waals surface area contributed by atoms with Gasteiger partial charge in [0.25, 0.3) is 0 Å². The summed E-state index contributed by atoms with van der Waals surface area (Å²) < 4.78 is 0. The Labute approximate surface area is 130 Å². The lowest BCUT2D eigenvalue weighted by Gasteiger charge is -2.44. The first-order chi connectivity index (χ1) is 10.1. The second-order valence-corrected chi connectivity index (χ2v) is 6.57. The summed E-state index contributed by atoms with van der Waals surface area (Å²) in [6, 6.07) is 12.6. The largest absolute Gasteiger partial charge is 0.309 e. The van der Waals surface area contributed by atoms with E-state index >= 15 is 0 Å². The van der Waals surface area contributed by atoms with E-state index in [0.717, 1.165) is 19.6 Å². The first-order valence-electron chi connectivity index (χ1n) is 8.30. The third-order valence-electron chi connectivity index (χ3n) is 4.70. The molecule has 1 aliphatic heterocycles. The third-order valence-corrected chi connectivity index (χ3v) is 4.70. The Kier molecular flexibility index (Phi) is 6.22. The molecule has 1 heterocycles. The molecule has 0 aliphatic carbocycles. The molecule has 1 saturated heterocycles. The Bertz CT molecular complexity index is 404. The molecule has 0 aromatic heterocycles. The lowest BCUT2D eigenvalue weighted by molar-refractivity contribution is 0.0784. The van der Waals surface area contributed by atoms with E-state index in [2.05, 4.69) is 73.4 Å². The Morgan fingerprint density at radius 1 is 1.29 bits per heavy atom. The molecule has 0 radical (unpaired) electrons. The van der Waals surface area contributed by atoms with Gasteiger partial charge in [0, 0.05) is 31.2 Å². The standard InChI is InChI=1S/C18H31N3/c1-5-17-13-19-18(16-9-7-6-8-10-16)14-21(17)15(2)11-12-20(3)4/h6-10,15,17-19H,5,11-14H2,1-4H3. The molecule has 3 nitrogen and oxygen atoms in total. The van der Waals surface area contributed by atoms with E-state index in [1.807, 2.05) is 0 Å². The van der Waals surface area contributed by atoms with Crippen molar-refractivity contribution in [2.75, 3.05) is 33.7 Å². The molecule has 2 rings (SSSR count). The quantitative estimate of drug-likeness (QED) is 0.869. The van der Waals surface area contributed by atoms with E-state index in [4.69, 9.17) is 0 Å². The second kappa shape index (κ2) is 7.92. The zero-order valence-electron chi connectivity index (χ0n) is 14.0. The second-order valence-electron chi connectivity index (χ2n) is 6.57. The minimum atomic E-state index is 0.468. The molecule has 3 unspecified atom stereocenters. The van der Waals surface area contributed by atoms with Gasteiger partial charge in [-0.15, -0.1) is 0 Å². The van der Waals surface area contributed by atoms with Crippen LogP contribution in [0.15, 0.2) is 30.3 Å². The van der Waals surface area contributed by atoms with Crippen molar-refractivity contribution < 1.29 is 0 Å². The lowest BCUT2D eigenvalue weighted by Crippen LogP contribution is -2.55. The Morgan fingerprint density at radius 2 is 2.00 bits per heavy atom. The van der Waals surface area contributed by atoms with Crippen LogP contribution in [0.3, 0.4) is 0 Å². The summed E-state index contributed by atoms with van der Waals surface area (Å²) in [4.78, 5) is 5.01. The van der Waals surface area contributed by atoms with Crippen molar-refractivity contribution in [3.05, 3.63) is 35.9 Å². The number of rotatable bonds is 6. The Morgan fingerprint density at radius 3 is 2.62 bits per heavy atom. The molecule has 0 bridgehead atoms. The third kappa shape index (κ3) is 4.53. The normalized spacial score (nSPS) is 25.2. The van der Waals surface area contributed by atoms with Gasteiger partial charge in [-0.3, -0.25) is 4.90 Å². The maximum atomic E-state index is 3.73. The smallest absolute Gasteiger partial charge is 0.0450 e. The van der Waals surface area contributed by atoms with Crippen LogP contribution in [0.1, 0.15) is 38.3 Å². The number of hydrogen-bond donors (Lipinski definition) is 1. The van der Waals surface area contributed by atoms with E-state index in [0.29, 0.717) is 18.1 Å². The fourth-order valence-electron chi connectivity index (χ4n) is 3.26. The SMILES string of the molecule is CCC1CNC(c2ccccc2)CN1C(C)CCN(C)C. The molecule has 1 N–H and O–H groups in total. The van der Waals surface area contributed by atoms with Crippen molar-refractivity contribution in [2.45, 2.75) is 44.8 Å². The summed E-state index contributed by atoms with van der Waals surface area (Å²) >= 11 is 0. The predicted octanol–water partition coefficient (Wildman–Crippen LogP) is 2.75. The van der Waals surface area contributed by atoms with Crippen molar-refractivity contribution in [2.24, 2.45) is 0 Å². The van der Waals surface area contributed by atoms with Crippen molar-refractivity contribution in [1.82, 2.24) is 15.1 Å². The molecule has 21 heavy (non-hydrogen) atoms. The first kappa shape index (κ1) is 16.5. The Hall–Kier alpha value is -0.900. The summed E-state index contributed by atoms with van der Waals surface area (Å²) in [6.07, 6.45) is 2.46. The van der Waals surface area contributed by atoms with Crippen molar-refractivity contribution in [1.29, 1.82) is 0 Å². The van der Waals surface area contributed by atoms with Gasteiger partial charge in [-0.2, -0.15) is 0 Å². The highest BCUT2D eigenvalue weighted by Gasteiger charge is 2.30. The van der Waals surface area contributed by atoms with Crippen LogP contribution in [0.2, 0.25) is 0 Å². The minimum Gasteiger partial charge on any atom is -0.309 e. The van der Waals surface area contributed by atoms with Crippen molar-refractivity contribution in [3.63, 3.8) is 0 Å². The van der Waals surface area contributed by atoms with Crippen LogP contribution in [-0.2, 0) is 0 Å². The van der Waals surface area contributed by atoms with E-state index in [1.54, 1.807) is 0 Å². The van der Waals surface area contributed by atoms with Gasteiger partial charge in [0.05, 0.1) is 0 Å². The van der Waals surface area contributed by atoms with Gasteiger partial charge >= 0.3 is 0 Å². The Balaban J connectivity index is 2.02. The first-order valence-corrected chi connectivity index (χ1v) is 8.30. The molecule has 3 heteroatoms. The van der Waals surface area contributed by atoms with Gasteiger partial charge in [-0.05, 0) is 46.0 Å². The monoisotopic (exact) mass is 289 g/mol. The topological polar surface area (TPSA) is 18.5 Å². The van der Waals surface area contributed by atoms with Gasteiger partial charge in [-0.1, -0.05) is 37.3 Å². The highest BCUT2D eigenvalue weighted by Crippen LogP contribution is 2.24. The number of benzene rings is 1. The average molecular weight is 289 g/mol. The van der Waals surface area contributed by atoms with Gasteiger partial charge in [0.15, 0.2) is 0 Å². The molecule has 118 valence electrons. The number of piperazine rings is 1. The summed E-state index contributed by atoms with van der Waals surface area (Å²) in [5.74, 6) is 0. The highest BCUT2D eigenvalue weighted by molar-refractivity contribution is 5.20. The molecule has 0 saturated carbocycles. The molecule has 3 atom stereocenters. The zero-order chi connectivity index (χ0) is 15.2. The van der Waals surface area contributed by atoms with Crippen LogP contribution >= 0.6 is 0 Å². The van der Waals surface area contributed by atoms with Crippen molar-refractivity contribution >= 4 is 0 Å². The molecular weight excluding hydrogens is 258 g/mol. The molecule has 1 aromatic carbocycles. The summed E-state index contributed by atoms with van der Waals surface area (Å²) in [6.45, 7) is 8.08. The maximum absolute atomic E-state index is 3.73. The average Bonchev–Trinajstić information content (AvgIpc) is 2.52. The van der Waals surface area contributed by atoms with E-state index in [9.17, 15) is 0 Å². The van der Waals surface area contributed by atoms with Crippen LogP contribution in [0, 0.1) is 0 Å². The van der Waals surface area contributed by atoms with Gasteiger partial charge in [-0.25, -0.2) is 0 Å². The molecule has 1 aromatic rings. The van der Waals surface area contributed by atoms with E-state index in [-0.39, 0.29) is 0 Å². The highest BCUT2D eigenvalue weighted by atomic mass is 15.3. The van der Waals surface area contributed by atoms with Gasteiger partial charge < -0.3 is 10.2 Å².